The molecule has 0 spiro atoms. The van der Waals surface area contributed by atoms with E-state index in [0.717, 1.165) is 16.6 Å². The first kappa shape index (κ1) is 9.19. The lowest BCUT2D eigenvalue weighted by Gasteiger charge is -2.17. The Balaban J connectivity index is 2.66. The van der Waals surface area contributed by atoms with Crippen LogP contribution in [0.2, 0.25) is 0 Å². The molecule has 0 unspecified atom stereocenters. The molecule has 2 rings (SSSR count). The summed E-state index contributed by atoms with van der Waals surface area (Å²) in [5.74, 6) is 0. The fourth-order valence-corrected chi connectivity index (χ4v) is 1.46. The van der Waals surface area contributed by atoms with E-state index in [1.54, 1.807) is 0 Å². The molecule has 2 aromatic rings. The minimum absolute atomic E-state index is 0.0957. The lowest BCUT2D eigenvalue weighted by atomic mass is 9.91. The van der Waals surface area contributed by atoms with Gasteiger partial charge in [-0.25, -0.2) is 0 Å². The molecule has 14 heavy (non-hydrogen) atoms. The van der Waals surface area contributed by atoms with Gasteiger partial charge in [-0.05, 0) is 6.07 Å². The molecule has 74 valence electrons. The second-order valence-corrected chi connectivity index (χ2v) is 4.65. The molecular formula is C11H15N3. The lowest BCUT2D eigenvalue weighted by molar-refractivity contribution is 0.569. The summed E-state index contributed by atoms with van der Waals surface area (Å²) >= 11 is 0. The summed E-state index contributed by atoms with van der Waals surface area (Å²) in [5.41, 5.74) is 2.34. The Bertz CT molecular complexity index is 463. The first-order valence-corrected chi connectivity index (χ1v) is 4.77. The Labute approximate surface area is 83.8 Å². The molecule has 0 amide bonds. The van der Waals surface area contributed by atoms with Crippen molar-refractivity contribution in [2.24, 2.45) is 7.05 Å². The fraction of sp³-hybridized carbons (Fsp3) is 0.455. The van der Waals surface area contributed by atoms with E-state index in [1.165, 1.54) is 0 Å². The van der Waals surface area contributed by atoms with Crippen molar-refractivity contribution in [3.05, 3.63) is 24.2 Å². The summed E-state index contributed by atoms with van der Waals surface area (Å²) in [6.07, 6.45) is 3.73. The maximum absolute atomic E-state index is 4.44. The standard InChI is InChI=1S/C11H15N3/c1-11(2,3)10-5-9-8(6-12-10)7-13-14(9)4/h5-7H,1-4H3. The van der Waals surface area contributed by atoms with Crippen molar-refractivity contribution >= 4 is 10.9 Å². The molecule has 2 heterocycles. The van der Waals surface area contributed by atoms with Crippen LogP contribution in [0.25, 0.3) is 10.9 Å². The Hall–Kier alpha value is -1.38. The molecule has 0 aliphatic carbocycles. The second-order valence-electron chi connectivity index (χ2n) is 4.65. The predicted octanol–water partition coefficient (Wildman–Crippen LogP) is 2.27. The van der Waals surface area contributed by atoms with Gasteiger partial charge in [0.2, 0.25) is 0 Å². The quantitative estimate of drug-likeness (QED) is 0.636. The van der Waals surface area contributed by atoms with Crippen LogP contribution in [0.4, 0.5) is 0 Å². The molecule has 0 saturated heterocycles. The van der Waals surface area contributed by atoms with Gasteiger partial charge in [0.05, 0.1) is 11.7 Å². The van der Waals surface area contributed by atoms with Crippen molar-refractivity contribution in [3.63, 3.8) is 0 Å². The van der Waals surface area contributed by atoms with E-state index in [0.29, 0.717) is 0 Å². The topological polar surface area (TPSA) is 30.7 Å². The van der Waals surface area contributed by atoms with Gasteiger partial charge in [-0.15, -0.1) is 0 Å². The molecule has 0 aromatic carbocycles. The van der Waals surface area contributed by atoms with Gasteiger partial charge >= 0.3 is 0 Å². The molecule has 0 N–H and O–H groups in total. The predicted molar refractivity (Wildman–Crippen MR) is 57.2 cm³/mol. The average Bonchev–Trinajstić information content (AvgIpc) is 2.46. The summed E-state index contributed by atoms with van der Waals surface area (Å²) in [5, 5.41) is 5.29. The van der Waals surface area contributed by atoms with E-state index in [9.17, 15) is 0 Å². The Kier molecular flexibility index (Phi) is 1.84. The van der Waals surface area contributed by atoms with Crippen molar-refractivity contribution < 1.29 is 0 Å². The first-order valence-electron chi connectivity index (χ1n) is 4.77. The molecule has 3 nitrogen and oxygen atoms in total. The van der Waals surface area contributed by atoms with Crippen LogP contribution in [0, 0.1) is 0 Å². The Morgan fingerprint density at radius 1 is 1.21 bits per heavy atom. The maximum atomic E-state index is 4.44. The average molecular weight is 189 g/mol. The normalized spacial score (nSPS) is 12.3. The van der Waals surface area contributed by atoms with Crippen LogP contribution in [-0.4, -0.2) is 14.8 Å². The lowest BCUT2D eigenvalue weighted by Crippen LogP contribution is -2.13. The van der Waals surface area contributed by atoms with Crippen LogP contribution in [-0.2, 0) is 12.5 Å². The van der Waals surface area contributed by atoms with E-state index < -0.39 is 0 Å². The summed E-state index contributed by atoms with van der Waals surface area (Å²) in [7, 11) is 1.95. The molecule has 0 radical (unpaired) electrons. The van der Waals surface area contributed by atoms with Crippen molar-refractivity contribution in [2.75, 3.05) is 0 Å². The third kappa shape index (κ3) is 1.39. The van der Waals surface area contributed by atoms with Gasteiger partial charge in [-0.3, -0.25) is 9.67 Å². The number of hydrogen-bond donors (Lipinski definition) is 0. The minimum atomic E-state index is 0.0957. The fourth-order valence-electron chi connectivity index (χ4n) is 1.46. The van der Waals surface area contributed by atoms with E-state index in [-0.39, 0.29) is 5.41 Å². The maximum Gasteiger partial charge on any atom is 0.0712 e. The monoisotopic (exact) mass is 189 g/mol. The summed E-state index contributed by atoms with van der Waals surface area (Å²) in [4.78, 5) is 4.44. The van der Waals surface area contributed by atoms with Crippen LogP contribution >= 0.6 is 0 Å². The zero-order chi connectivity index (χ0) is 10.3. The van der Waals surface area contributed by atoms with Crippen LogP contribution in [0.5, 0.6) is 0 Å². The van der Waals surface area contributed by atoms with Gasteiger partial charge in [-0.1, -0.05) is 20.8 Å². The molecule has 2 aromatic heterocycles. The highest BCUT2D eigenvalue weighted by molar-refractivity contribution is 5.77. The number of hydrogen-bond acceptors (Lipinski definition) is 2. The van der Waals surface area contributed by atoms with Gasteiger partial charge in [0.1, 0.15) is 0 Å². The zero-order valence-corrected chi connectivity index (χ0v) is 9.07. The second kappa shape index (κ2) is 2.80. The highest BCUT2D eigenvalue weighted by Gasteiger charge is 2.16. The third-order valence-corrected chi connectivity index (χ3v) is 2.40. The van der Waals surface area contributed by atoms with Crippen molar-refractivity contribution in [1.29, 1.82) is 0 Å². The van der Waals surface area contributed by atoms with Gasteiger partial charge in [0.15, 0.2) is 0 Å². The SMILES string of the molecule is Cn1ncc2cnc(C(C)(C)C)cc21. The summed E-state index contributed by atoms with van der Waals surface area (Å²) < 4.78 is 1.88. The van der Waals surface area contributed by atoms with Crippen molar-refractivity contribution in [2.45, 2.75) is 26.2 Å². The highest BCUT2D eigenvalue weighted by atomic mass is 15.2. The number of nitrogens with zero attached hydrogens (tertiary/aromatic N) is 3. The van der Waals surface area contributed by atoms with E-state index in [4.69, 9.17) is 0 Å². The van der Waals surface area contributed by atoms with Crippen LogP contribution in [0.3, 0.4) is 0 Å². The highest BCUT2D eigenvalue weighted by Crippen LogP contribution is 2.23. The van der Waals surface area contributed by atoms with E-state index in [2.05, 4.69) is 36.9 Å². The largest absolute Gasteiger partial charge is 0.268 e. The number of pyridine rings is 1. The van der Waals surface area contributed by atoms with E-state index >= 15 is 0 Å². The number of fused-ring (bicyclic) bond motifs is 1. The molecule has 3 heteroatoms. The number of aromatic nitrogens is 3. The van der Waals surface area contributed by atoms with Gasteiger partial charge in [0.25, 0.3) is 0 Å². The molecular weight excluding hydrogens is 174 g/mol. The smallest absolute Gasteiger partial charge is 0.0712 e. The van der Waals surface area contributed by atoms with Crippen LogP contribution in [0.1, 0.15) is 26.5 Å². The molecule has 0 saturated carbocycles. The Morgan fingerprint density at radius 2 is 1.93 bits per heavy atom. The van der Waals surface area contributed by atoms with Gasteiger partial charge < -0.3 is 0 Å². The minimum Gasteiger partial charge on any atom is -0.268 e. The first-order chi connectivity index (χ1) is 6.48. The number of aryl methyl sites for hydroxylation is 1. The van der Waals surface area contributed by atoms with Gasteiger partial charge in [-0.2, -0.15) is 5.10 Å². The molecule has 0 aliphatic heterocycles. The van der Waals surface area contributed by atoms with Crippen molar-refractivity contribution in [1.82, 2.24) is 14.8 Å². The zero-order valence-electron chi connectivity index (χ0n) is 9.07. The number of rotatable bonds is 0. The molecule has 0 aliphatic rings. The third-order valence-electron chi connectivity index (χ3n) is 2.40. The summed E-state index contributed by atoms with van der Waals surface area (Å²) in [6, 6.07) is 2.11. The van der Waals surface area contributed by atoms with Crippen molar-refractivity contribution in [3.8, 4) is 0 Å². The summed E-state index contributed by atoms with van der Waals surface area (Å²) in [6.45, 7) is 6.49. The van der Waals surface area contributed by atoms with E-state index in [1.807, 2.05) is 24.1 Å². The van der Waals surface area contributed by atoms with Gasteiger partial charge in [0, 0.05) is 29.7 Å². The molecule has 0 fully saturated rings. The Morgan fingerprint density at radius 3 is 2.57 bits per heavy atom. The van der Waals surface area contributed by atoms with Crippen LogP contribution < -0.4 is 0 Å². The molecule has 0 bridgehead atoms. The molecule has 0 atom stereocenters. The van der Waals surface area contributed by atoms with Crippen LogP contribution in [0.15, 0.2) is 18.5 Å².